The Bertz CT molecular complexity index is 1380. The van der Waals surface area contributed by atoms with Crippen molar-refractivity contribution < 1.29 is 9.53 Å². The quantitative estimate of drug-likeness (QED) is 0.230. The van der Waals surface area contributed by atoms with Crippen molar-refractivity contribution in [2.24, 2.45) is 7.05 Å². The van der Waals surface area contributed by atoms with E-state index in [0.29, 0.717) is 16.9 Å². The zero-order valence-corrected chi connectivity index (χ0v) is 21.8. The third-order valence-electron chi connectivity index (χ3n) is 5.93. The molecule has 8 heteroatoms. The summed E-state index contributed by atoms with van der Waals surface area (Å²) in [6, 6.07) is 17.7. The number of pyridine rings is 1. The fourth-order valence-electron chi connectivity index (χ4n) is 4.06. The van der Waals surface area contributed by atoms with Crippen molar-refractivity contribution in [2.75, 3.05) is 24.7 Å². The Morgan fingerprint density at radius 3 is 2.77 bits per heavy atom. The van der Waals surface area contributed by atoms with E-state index in [1.54, 1.807) is 18.3 Å². The van der Waals surface area contributed by atoms with Crippen LogP contribution in [0, 0.1) is 6.92 Å². The number of anilines is 2. The molecule has 4 rings (SSSR count). The molecule has 0 amide bonds. The first-order valence-corrected chi connectivity index (χ1v) is 12.0. The minimum absolute atomic E-state index is 0.230. The molecule has 2 aromatic heterocycles. The zero-order valence-electron chi connectivity index (χ0n) is 20.2. The van der Waals surface area contributed by atoms with Gasteiger partial charge in [0, 0.05) is 34.9 Å². The summed E-state index contributed by atoms with van der Waals surface area (Å²) in [5, 5.41) is 7.95. The number of esters is 1. The zero-order chi connectivity index (χ0) is 25.1. The molecule has 0 saturated heterocycles. The van der Waals surface area contributed by atoms with Crippen molar-refractivity contribution in [1.82, 2.24) is 14.8 Å². The first-order chi connectivity index (χ1) is 16.8. The van der Waals surface area contributed by atoms with Crippen molar-refractivity contribution in [1.29, 1.82) is 0 Å². The highest BCUT2D eigenvalue weighted by Gasteiger charge is 2.18. The maximum Gasteiger partial charge on any atom is 0.337 e. The lowest BCUT2D eigenvalue weighted by molar-refractivity contribution is 0.0600. The number of nitrogens with two attached hydrogens (primary N) is 1. The van der Waals surface area contributed by atoms with Crippen LogP contribution in [0.15, 0.2) is 65.3 Å². The number of halogens is 1. The van der Waals surface area contributed by atoms with Gasteiger partial charge in [0.05, 0.1) is 41.6 Å². The molecule has 2 aromatic carbocycles. The van der Waals surface area contributed by atoms with E-state index in [2.05, 4.69) is 62.5 Å². The van der Waals surface area contributed by atoms with Crippen LogP contribution >= 0.6 is 15.9 Å². The molecule has 4 aromatic rings. The van der Waals surface area contributed by atoms with Crippen molar-refractivity contribution in [3.8, 4) is 22.5 Å². The van der Waals surface area contributed by atoms with Crippen LogP contribution < -0.4 is 11.1 Å². The lowest BCUT2D eigenvalue weighted by Crippen LogP contribution is -2.11. The summed E-state index contributed by atoms with van der Waals surface area (Å²) in [7, 11) is 3.28. The molecule has 0 aliphatic carbocycles. The molecule has 0 saturated carbocycles. The van der Waals surface area contributed by atoms with Gasteiger partial charge in [0.25, 0.3) is 0 Å². The molecule has 0 spiro atoms. The van der Waals surface area contributed by atoms with Gasteiger partial charge >= 0.3 is 5.97 Å². The van der Waals surface area contributed by atoms with Gasteiger partial charge in [0.2, 0.25) is 0 Å². The number of rotatable bonds is 7. The summed E-state index contributed by atoms with van der Waals surface area (Å²) < 4.78 is 7.72. The molecule has 2 heterocycles. The molecule has 1 atom stereocenters. The third kappa shape index (κ3) is 5.38. The molecule has 0 aliphatic heterocycles. The number of nitrogen functional groups attached to an aromatic ring is 1. The summed E-state index contributed by atoms with van der Waals surface area (Å²) in [4.78, 5) is 16.8. The molecule has 0 aliphatic rings. The van der Waals surface area contributed by atoms with Crippen molar-refractivity contribution in [3.05, 3.63) is 82.1 Å². The summed E-state index contributed by atoms with van der Waals surface area (Å²) in [6.07, 6.45) is 1.78. The molecule has 0 bridgehead atoms. The lowest BCUT2D eigenvalue weighted by atomic mass is 9.96. The van der Waals surface area contributed by atoms with Gasteiger partial charge in [-0.25, -0.2) is 4.79 Å². The number of nitrogens with one attached hydrogen (secondary N) is 1. The maximum atomic E-state index is 12.1. The van der Waals surface area contributed by atoms with Crippen LogP contribution in [-0.2, 0) is 11.8 Å². The van der Waals surface area contributed by atoms with Gasteiger partial charge in [-0.15, -0.1) is 0 Å². The van der Waals surface area contributed by atoms with Crippen LogP contribution in [0.4, 0.5) is 11.4 Å². The normalized spacial score (nSPS) is 11.8. The number of aromatic nitrogens is 3. The molecular formula is C27H28BrN5O2. The Morgan fingerprint density at radius 1 is 1.20 bits per heavy atom. The Balaban J connectivity index is 1.64. The molecule has 0 radical (unpaired) electrons. The van der Waals surface area contributed by atoms with E-state index in [1.807, 2.05) is 36.9 Å². The Labute approximate surface area is 213 Å². The second-order valence-electron chi connectivity index (χ2n) is 8.54. The fourth-order valence-corrected chi connectivity index (χ4v) is 4.43. The minimum Gasteiger partial charge on any atom is -0.465 e. The Morgan fingerprint density at radius 2 is 2.00 bits per heavy atom. The maximum absolute atomic E-state index is 12.1. The van der Waals surface area contributed by atoms with Crippen LogP contribution in [0.25, 0.3) is 22.5 Å². The highest BCUT2D eigenvalue weighted by molar-refractivity contribution is 9.10. The number of carbonyl (C=O) groups is 1. The van der Waals surface area contributed by atoms with E-state index in [0.717, 1.165) is 39.2 Å². The highest BCUT2D eigenvalue weighted by atomic mass is 79.9. The first-order valence-electron chi connectivity index (χ1n) is 11.3. The van der Waals surface area contributed by atoms with Gasteiger partial charge < -0.3 is 15.8 Å². The van der Waals surface area contributed by atoms with E-state index in [-0.39, 0.29) is 5.92 Å². The van der Waals surface area contributed by atoms with Gasteiger partial charge in [-0.3, -0.25) is 9.67 Å². The summed E-state index contributed by atoms with van der Waals surface area (Å²) in [5.41, 5.74) is 13.6. The van der Waals surface area contributed by atoms with Gasteiger partial charge in [0.15, 0.2) is 0 Å². The first kappa shape index (κ1) is 24.5. The second kappa shape index (κ2) is 10.3. The fraction of sp³-hybridized carbons (Fsp3) is 0.222. The van der Waals surface area contributed by atoms with E-state index in [4.69, 9.17) is 10.5 Å². The number of aryl methyl sites for hydroxylation is 2. The van der Waals surface area contributed by atoms with Gasteiger partial charge in [-0.05, 0) is 54.8 Å². The van der Waals surface area contributed by atoms with Crippen LogP contribution in [0.3, 0.4) is 0 Å². The van der Waals surface area contributed by atoms with E-state index < -0.39 is 5.97 Å². The number of nitrogens with zero attached hydrogens (tertiary/aromatic N) is 3. The van der Waals surface area contributed by atoms with Crippen LogP contribution in [0.1, 0.15) is 34.5 Å². The molecule has 7 nitrogen and oxygen atoms in total. The van der Waals surface area contributed by atoms with Crippen LogP contribution in [0.5, 0.6) is 0 Å². The predicted octanol–water partition coefficient (Wildman–Crippen LogP) is 5.80. The number of methoxy groups -OCH3 is 1. The molecule has 35 heavy (non-hydrogen) atoms. The third-order valence-corrected chi connectivity index (χ3v) is 6.43. The van der Waals surface area contributed by atoms with Crippen molar-refractivity contribution >= 4 is 33.3 Å². The van der Waals surface area contributed by atoms with Crippen LogP contribution in [0.2, 0.25) is 0 Å². The second-order valence-corrected chi connectivity index (χ2v) is 9.46. The van der Waals surface area contributed by atoms with Gasteiger partial charge in [0.1, 0.15) is 0 Å². The van der Waals surface area contributed by atoms with Crippen molar-refractivity contribution in [3.63, 3.8) is 0 Å². The molecule has 180 valence electrons. The van der Waals surface area contributed by atoms with Gasteiger partial charge in [-0.2, -0.15) is 5.10 Å². The minimum atomic E-state index is -0.392. The standard InChI is InChI=1S/C27H28BrN5O2/c1-16(14-30-25-13-21(28)8-9-23(25)29)18-6-5-7-19(11-18)26-22(15-31-33(26)3)24-12-20(27(34)35-4)10-17(2)32-24/h5-13,15-16,30H,14,29H2,1-4H3. The monoisotopic (exact) mass is 533 g/mol. The average Bonchev–Trinajstić information content (AvgIpc) is 3.24. The van der Waals surface area contributed by atoms with Gasteiger partial charge in [-0.1, -0.05) is 41.1 Å². The number of hydrogen-bond donors (Lipinski definition) is 2. The summed E-state index contributed by atoms with van der Waals surface area (Å²) >= 11 is 3.50. The van der Waals surface area contributed by atoms with Crippen LogP contribution in [-0.4, -0.2) is 34.4 Å². The number of benzene rings is 2. The molecular weight excluding hydrogens is 506 g/mol. The smallest absolute Gasteiger partial charge is 0.337 e. The molecule has 3 N–H and O–H groups in total. The molecule has 1 unspecified atom stereocenters. The predicted molar refractivity (Wildman–Crippen MR) is 143 cm³/mol. The number of carbonyl (C=O) groups excluding carboxylic acids is 1. The van der Waals surface area contributed by atoms with E-state index >= 15 is 0 Å². The van der Waals surface area contributed by atoms with E-state index in [9.17, 15) is 4.79 Å². The number of hydrogen-bond acceptors (Lipinski definition) is 6. The summed E-state index contributed by atoms with van der Waals surface area (Å²) in [6.45, 7) is 4.76. The van der Waals surface area contributed by atoms with Crippen molar-refractivity contribution in [2.45, 2.75) is 19.8 Å². The lowest BCUT2D eigenvalue weighted by Gasteiger charge is -2.17. The van der Waals surface area contributed by atoms with E-state index in [1.165, 1.54) is 12.7 Å². The SMILES string of the molecule is COC(=O)c1cc(C)nc(-c2cnn(C)c2-c2cccc(C(C)CNc3cc(Br)ccc3N)c2)c1. The summed E-state index contributed by atoms with van der Waals surface area (Å²) in [5.74, 6) is -0.162. The topological polar surface area (TPSA) is 95.1 Å². The average molecular weight is 534 g/mol. The largest absolute Gasteiger partial charge is 0.465 e. The molecule has 0 fully saturated rings. The number of ether oxygens (including phenoxy) is 1. The highest BCUT2D eigenvalue weighted by Crippen LogP contribution is 2.33. The Kier molecular flexibility index (Phi) is 7.21. The Hall–Kier alpha value is -3.65.